The maximum absolute atomic E-state index is 13.8. The molecule has 1 N–H and O–H groups in total. The lowest BCUT2D eigenvalue weighted by Gasteiger charge is -2.30. The van der Waals surface area contributed by atoms with Gasteiger partial charge >= 0.3 is 0 Å². The van der Waals surface area contributed by atoms with Gasteiger partial charge in [0.2, 0.25) is 0 Å². The molecule has 0 unspecified atom stereocenters. The van der Waals surface area contributed by atoms with Gasteiger partial charge in [-0.1, -0.05) is 43.2 Å². The quantitative estimate of drug-likeness (QED) is 0.509. The zero-order chi connectivity index (χ0) is 23.7. The van der Waals surface area contributed by atoms with Crippen molar-refractivity contribution in [1.82, 2.24) is 4.90 Å². The van der Waals surface area contributed by atoms with Crippen molar-refractivity contribution in [3.8, 4) is 6.07 Å². The number of carbonyl (C=O) groups excluding carboxylic acids is 1. The number of nitriles is 1. The molecule has 2 aliphatic heterocycles. The Labute approximate surface area is 209 Å². The number of carbonyl (C=O) groups is 1. The minimum absolute atomic E-state index is 0.0441. The largest absolute Gasteiger partial charge is 0.384 e. The lowest BCUT2D eigenvalue weighted by molar-refractivity contribution is -0.124. The van der Waals surface area contributed by atoms with Crippen LogP contribution in [0, 0.1) is 11.3 Å². The van der Waals surface area contributed by atoms with E-state index in [1.807, 2.05) is 43.1 Å². The lowest BCUT2D eigenvalue weighted by Crippen LogP contribution is -2.40. The number of aliphatic imine (C=N–C) groups is 1. The van der Waals surface area contributed by atoms with E-state index in [2.05, 4.69) is 28.4 Å². The van der Waals surface area contributed by atoms with Crippen molar-refractivity contribution in [3.05, 3.63) is 58.0 Å². The molecule has 1 saturated heterocycles. The Bertz CT molecular complexity index is 1230. The number of rotatable bonds is 4. The molecule has 0 bridgehead atoms. The van der Waals surface area contributed by atoms with Crippen LogP contribution < -0.4 is 10.2 Å². The predicted molar refractivity (Wildman–Crippen MR) is 141 cm³/mol. The molecule has 0 spiro atoms. The van der Waals surface area contributed by atoms with Crippen molar-refractivity contribution in [2.24, 2.45) is 4.99 Å². The van der Waals surface area contributed by atoms with E-state index >= 15 is 0 Å². The van der Waals surface area contributed by atoms with Gasteiger partial charge in [-0.3, -0.25) is 9.69 Å². The van der Waals surface area contributed by atoms with Crippen molar-refractivity contribution in [2.75, 3.05) is 23.8 Å². The summed E-state index contributed by atoms with van der Waals surface area (Å²) in [6.07, 6.45) is 5.49. The first-order valence-electron chi connectivity index (χ1n) is 11.7. The Hall–Kier alpha value is -2.89. The SMILES string of the molecule is CCNc1ccc(N=C2S/C(=C3/Sc4ccccc4N3C)C(=O)N2C2CCCCC2)cc1C#N. The van der Waals surface area contributed by atoms with E-state index in [-0.39, 0.29) is 11.9 Å². The third-order valence-corrected chi connectivity index (χ3v) is 8.81. The van der Waals surface area contributed by atoms with Crippen molar-refractivity contribution in [1.29, 1.82) is 5.26 Å². The van der Waals surface area contributed by atoms with Crippen LogP contribution in [0.1, 0.15) is 44.6 Å². The molecule has 2 aromatic rings. The molecule has 5 rings (SSSR count). The van der Waals surface area contributed by atoms with Crippen molar-refractivity contribution in [2.45, 2.75) is 50.0 Å². The maximum Gasteiger partial charge on any atom is 0.269 e. The zero-order valence-electron chi connectivity index (χ0n) is 19.4. The minimum Gasteiger partial charge on any atom is -0.384 e. The van der Waals surface area contributed by atoms with E-state index in [0.717, 1.165) is 58.4 Å². The fraction of sp³-hybridized carbons (Fsp3) is 0.346. The van der Waals surface area contributed by atoms with Crippen LogP contribution in [0.5, 0.6) is 0 Å². The molecular formula is C26H27N5OS2. The van der Waals surface area contributed by atoms with E-state index in [4.69, 9.17) is 4.99 Å². The molecule has 174 valence electrons. The average molecular weight is 490 g/mol. The van der Waals surface area contributed by atoms with Crippen LogP contribution in [0.4, 0.5) is 17.1 Å². The number of thioether (sulfide) groups is 2. The number of hydrogen-bond donors (Lipinski definition) is 1. The average Bonchev–Trinajstić information content (AvgIpc) is 3.36. The molecule has 2 heterocycles. The monoisotopic (exact) mass is 489 g/mol. The second-order valence-electron chi connectivity index (χ2n) is 8.60. The summed E-state index contributed by atoms with van der Waals surface area (Å²) < 4.78 is 0. The number of amides is 1. The molecule has 0 aromatic heterocycles. The van der Waals surface area contributed by atoms with Crippen LogP contribution >= 0.6 is 23.5 Å². The molecule has 0 atom stereocenters. The first-order valence-corrected chi connectivity index (χ1v) is 13.4. The predicted octanol–water partition coefficient (Wildman–Crippen LogP) is 6.30. The molecule has 8 heteroatoms. The zero-order valence-corrected chi connectivity index (χ0v) is 21.0. The van der Waals surface area contributed by atoms with Gasteiger partial charge in [0.05, 0.1) is 27.7 Å². The number of hydrogen-bond acceptors (Lipinski definition) is 7. The van der Waals surface area contributed by atoms with Crippen LogP contribution in [-0.2, 0) is 4.79 Å². The molecule has 1 aliphatic carbocycles. The summed E-state index contributed by atoms with van der Waals surface area (Å²) in [7, 11) is 2.02. The second-order valence-corrected chi connectivity index (χ2v) is 10.6. The first kappa shape index (κ1) is 22.9. The molecule has 34 heavy (non-hydrogen) atoms. The first-order chi connectivity index (χ1) is 16.6. The number of amidine groups is 1. The molecule has 2 fully saturated rings. The summed E-state index contributed by atoms with van der Waals surface area (Å²) in [5.41, 5.74) is 3.17. The van der Waals surface area contributed by atoms with Crippen LogP contribution in [0.15, 0.2) is 62.3 Å². The standard InChI is InChI=1S/C26H27N5OS2/c1-3-28-20-14-13-18(15-17(20)16-27)29-26-31(19-9-5-4-6-10-19)24(32)23(34-26)25-30(2)21-11-7-8-12-22(21)33-25/h7-8,11-15,19,28H,3-6,9-10H2,1-2H3/b25-23+,29-26?. The second kappa shape index (κ2) is 9.77. The van der Waals surface area contributed by atoms with Crippen LogP contribution in [-0.4, -0.2) is 35.6 Å². The summed E-state index contributed by atoms with van der Waals surface area (Å²) >= 11 is 3.11. The highest BCUT2D eigenvalue weighted by molar-refractivity contribution is 8.19. The smallest absolute Gasteiger partial charge is 0.269 e. The molecule has 2 aromatic carbocycles. The van der Waals surface area contributed by atoms with Crippen molar-refractivity contribution >= 4 is 51.7 Å². The Morgan fingerprint density at radius 2 is 1.94 bits per heavy atom. The third-order valence-electron chi connectivity index (χ3n) is 6.40. The Morgan fingerprint density at radius 1 is 1.15 bits per heavy atom. The number of benzene rings is 2. The van der Waals surface area contributed by atoms with E-state index < -0.39 is 0 Å². The van der Waals surface area contributed by atoms with Gasteiger partial charge in [0.15, 0.2) is 5.17 Å². The number of nitrogens with one attached hydrogen (secondary N) is 1. The fourth-order valence-corrected chi connectivity index (χ4v) is 7.11. The highest BCUT2D eigenvalue weighted by atomic mass is 32.2. The van der Waals surface area contributed by atoms with Gasteiger partial charge in [-0.15, -0.1) is 0 Å². The topological polar surface area (TPSA) is 71.7 Å². The maximum atomic E-state index is 13.8. The molecular weight excluding hydrogens is 462 g/mol. The molecule has 1 saturated carbocycles. The number of para-hydroxylation sites is 1. The normalized spacial score (nSPS) is 21.8. The van der Waals surface area contributed by atoms with E-state index in [9.17, 15) is 10.1 Å². The lowest BCUT2D eigenvalue weighted by atomic mass is 9.94. The van der Waals surface area contributed by atoms with Crippen LogP contribution in [0.2, 0.25) is 0 Å². The van der Waals surface area contributed by atoms with E-state index in [1.165, 1.54) is 18.2 Å². The molecule has 1 amide bonds. The highest BCUT2D eigenvalue weighted by Gasteiger charge is 2.42. The third kappa shape index (κ3) is 4.19. The van der Waals surface area contributed by atoms with Crippen molar-refractivity contribution in [3.63, 3.8) is 0 Å². The highest BCUT2D eigenvalue weighted by Crippen LogP contribution is 2.50. The van der Waals surface area contributed by atoms with Gasteiger partial charge in [0.1, 0.15) is 11.0 Å². The van der Waals surface area contributed by atoms with E-state index in [1.54, 1.807) is 17.8 Å². The Morgan fingerprint density at radius 3 is 2.68 bits per heavy atom. The van der Waals surface area contributed by atoms with Crippen molar-refractivity contribution < 1.29 is 4.79 Å². The Kier molecular flexibility index (Phi) is 6.57. The molecule has 6 nitrogen and oxygen atoms in total. The number of fused-ring (bicyclic) bond motifs is 1. The number of nitrogens with zero attached hydrogens (tertiary/aromatic N) is 4. The summed E-state index contributed by atoms with van der Waals surface area (Å²) in [5, 5.41) is 14.5. The van der Waals surface area contributed by atoms with Gasteiger partial charge < -0.3 is 10.2 Å². The summed E-state index contributed by atoms with van der Waals surface area (Å²) in [6.45, 7) is 2.75. The molecule has 3 aliphatic rings. The summed E-state index contributed by atoms with van der Waals surface area (Å²) in [6, 6.07) is 16.3. The van der Waals surface area contributed by atoms with Crippen LogP contribution in [0.3, 0.4) is 0 Å². The molecule has 0 radical (unpaired) electrons. The van der Waals surface area contributed by atoms with Crippen LogP contribution in [0.25, 0.3) is 0 Å². The van der Waals surface area contributed by atoms with Gasteiger partial charge in [-0.25, -0.2) is 4.99 Å². The van der Waals surface area contributed by atoms with Gasteiger partial charge in [-0.2, -0.15) is 5.26 Å². The van der Waals surface area contributed by atoms with Gasteiger partial charge in [0, 0.05) is 24.5 Å². The Balaban J connectivity index is 1.54. The minimum atomic E-state index is 0.0441. The summed E-state index contributed by atoms with van der Waals surface area (Å²) in [4.78, 5) is 24.7. The van der Waals surface area contributed by atoms with Gasteiger partial charge in [-0.05, 0) is 61.9 Å². The number of anilines is 2. The summed E-state index contributed by atoms with van der Waals surface area (Å²) in [5.74, 6) is 0.0441. The van der Waals surface area contributed by atoms with E-state index in [0.29, 0.717) is 16.4 Å². The van der Waals surface area contributed by atoms with Gasteiger partial charge in [0.25, 0.3) is 5.91 Å². The fourth-order valence-electron chi connectivity index (χ4n) is 4.70.